The molecule has 2 aliphatic rings. The van der Waals surface area contributed by atoms with Gasteiger partial charge in [-0.15, -0.1) is 0 Å². The van der Waals surface area contributed by atoms with Gasteiger partial charge in [-0.3, -0.25) is 9.59 Å². The number of amides is 2. The zero-order chi connectivity index (χ0) is 20.9. The van der Waals surface area contributed by atoms with Crippen LogP contribution in [0.25, 0.3) is 0 Å². The number of hydrogen-bond acceptors (Lipinski definition) is 8. The number of fused-ring (bicyclic) bond motifs is 1. The highest BCUT2D eigenvalue weighted by Gasteiger charge is 2.37. The van der Waals surface area contributed by atoms with Gasteiger partial charge in [0.25, 0.3) is 0 Å². The number of hydrogen-bond donors (Lipinski definition) is 2. The molecule has 2 amide bonds. The Kier molecular flexibility index (Phi) is 6.90. The standard InChI is InChI=1S/C17H23N3O8S/c1-25-6-4-18-16(21)17(22)19-11-15-20(5-7-28-15)29(23,24)12-2-3-13-14(10-12)27-9-8-26-13/h2-3,10,15H,4-9,11H2,1H3,(H,18,21)(H,19,22)/t15-/m1/s1. The van der Waals surface area contributed by atoms with Gasteiger partial charge < -0.3 is 29.6 Å². The number of rotatable bonds is 7. The summed E-state index contributed by atoms with van der Waals surface area (Å²) in [5.74, 6) is -0.874. The molecule has 1 saturated heterocycles. The first-order valence-electron chi connectivity index (χ1n) is 9.01. The Morgan fingerprint density at radius 2 is 1.86 bits per heavy atom. The van der Waals surface area contributed by atoms with Crippen LogP contribution >= 0.6 is 0 Å². The lowest BCUT2D eigenvalue weighted by molar-refractivity contribution is -0.139. The van der Waals surface area contributed by atoms with Gasteiger partial charge in [0.1, 0.15) is 19.4 Å². The third-order valence-corrected chi connectivity index (χ3v) is 6.18. The number of nitrogens with one attached hydrogen (secondary N) is 2. The number of methoxy groups -OCH3 is 1. The van der Waals surface area contributed by atoms with Crippen molar-refractivity contribution in [3.05, 3.63) is 18.2 Å². The number of benzene rings is 1. The molecule has 2 heterocycles. The van der Waals surface area contributed by atoms with Crippen LogP contribution in [-0.4, -0.2) is 83.9 Å². The molecular formula is C17H23N3O8S. The molecule has 11 nitrogen and oxygen atoms in total. The van der Waals surface area contributed by atoms with Crippen molar-refractivity contribution >= 4 is 21.8 Å². The van der Waals surface area contributed by atoms with Crippen LogP contribution < -0.4 is 20.1 Å². The van der Waals surface area contributed by atoms with E-state index >= 15 is 0 Å². The molecule has 0 unspecified atom stereocenters. The number of ether oxygens (including phenoxy) is 4. The second-order valence-corrected chi connectivity index (χ2v) is 8.10. The van der Waals surface area contributed by atoms with E-state index in [1.54, 1.807) is 6.07 Å². The van der Waals surface area contributed by atoms with Crippen molar-refractivity contribution in [1.29, 1.82) is 0 Å². The summed E-state index contributed by atoms with van der Waals surface area (Å²) >= 11 is 0. The monoisotopic (exact) mass is 429 g/mol. The van der Waals surface area contributed by atoms with Gasteiger partial charge in [0.2, 0.25) is 10.0 Å². The SMILES string of the molecule is COCCNC(=O)C(=O)NC[C@H]1OCCN1S(=O)(=O)c1ccc2c(c1)OCCO2. The average molecular weight is 429 g/mol. The largest absolute Gasteiger partial charge is 0.486 e. The quantitative estimate of drug-likeness (QED) is 0.403. The van der Waals surface area contributed by atoms with Gasteiger partial charge in [-0.05, 0) is 12.1 Å². The van der Waals surface area contributed by atoms with Crippen molar-refractivity contribution in [2.24, 2.45) is 0 Å². The molecule has 160 valence electrons. The fourth-order valence-electron chi connectivity index (χ4n) is 2.87. The Hall–Kier alpha value is -2.41. The summed E-state index contributed by atoms with van der Waals surface area (Å²) in [6, 6.07) is 4.38. The minimum absolute atomic E-state index is 0.0286. The van der Waals surface area contributed by atoms with Crippen LogP contribution in [-0.2, 0) is 29.1 Å². The Morgan fingerprint density at radius 3 is 2.62 bits per heavy atom. The van der Waals surface area contributed by atoms with Gasteiger partial charge in [0.15, 0.2) is 11.5 Å². The summed E-state index contributed by atoms with van der Waals surface area (Å²) < 4.78 is 48.3. The lowest BCUT2D eigenvalue weighted by Gasteiger charge is -2.24. The van der Waals surface area contributed by atoms with Crippen LogP contribution in [0.2, 0.25) is 0 Å². The molecule has 1 atom stereocenters. The molecular weight excluding hydrogens is 406 g/mol. The Morgan fingerprint density at radius 1 is 1.14 bits per heavy atom. The van der Waals surface area contributed by atoms with Gasteiger partial charge >= 0.3 is 11.8 Å². The molecule has 2 aliphatic heterocycles. The molecule has 0 saturated carbocycles. The number of sulfonamides is 1. The first kappa shape index (κ1) is 21.3. The highest BCUT2D eigenvalue weighted by Crippen LogP contribution is 2.34. The van der Waals surface area contributed by atoms with Crippen molar-refractivity contribution in [1.82, 2.24) is 14.9 Å². The van der Waals surface area contributed by atoms with Crippen molar-refractivity contribution in [3.63, 3.8) is 0 Å². The molecule has 0 spiro atoms. The minimum atomic E-state index is -3.90. The van der Waals surface area contributed by atoms with Crippen molar-refractivity contribution in [3.8, 4) is 11.5 Å². The third kappa shape index (κ3) is 4.96. The number of carbonyl (C=O) groups excluding carboxylic acids is 2. The highest BCUT2D eigenvalue weighted by atomic mass is 32.2. The first-order valence-corrected chi connectivity index (χ1v) is 10.5. The zero-order valence-corrected chi connectivity index (χ0v) is 16.7. The van der Waals surface area contributed by atoms with Gasteiger partial charge in [-0.2, -0.15) is 4.31 Å². The molecule has 2 N–H and O–H groups in total. The summed E-state index contributed by atoms with van der Waals surface area (Å²) in [5.41, 5.74) is 0. The second kappa shape index (κ2) is 9.39. The Bertz CT molecular complexity index is 860. The average Bonchev–Trinajstić information content (AvgIpc) is 3.21. The molecule has 0 aromatic heterocycles. The van der Waals surface area contributed by atoms with E-state index in [1.807, 2.05) is 0 Å². The highest BCUT2D eigenvalue weighted by molar-refractivity contribution is 7.89. The molecule has 29 heavy (non-hydrogen) atoms. The Balaban J connectivity index is 1.63. The fraction of sp³-hybridized carbons (Fsp3) is 0.529. The van der Waals surface area contributed by atoms with Gasteiger partial charge in [0, 0.05) is 26.3 Å². The van der Waals surface area contributed by atoms with E-state index in [-0.39, 0.29) is 37.7 Å². The van der Waals surface area contributed by atoms with E-state index in [2.05, 4.69) is 10.6 Å². The maximum absolute atomic E-state index is 13.0. The minimum Gasteiger partial charge on any atom is -0.486 e. The van der Waals surface area contributed by atoms with Gasteiger partial charge in [0.05, 0.1) is 24.7 Å². The van der Waals surface area contributed by atoms with E-state index in [9.17, 15) is 18.0 Å². The maximum Gasteiger partial charge on any atom is 0.309 e. The molecule has 1 aromatic rings. The smallest absolute Gasteiger partial charge is 0.309 e. The summed E-state index contributed by atoms with van der Waals surface area (Å²) in [7, 11) is -2.43. The van der Waals surface area contributed by atoms with Crippen molar-refractivity contribution < 1.29 is 37.0 Å². The number of nitrogens with zero attached hydrogens (tertiary/aromatic N) is 1. The molecule has 1 aromatic carbocycles. The van der Waals surface area contributed by atoms with Crippen molar-refractivity contribution in [2.45, 2.75) is 11.1 Å². The molecule has 1 fully saturated rings. The van der Waals surface area contributed by atoms with Crippen LogP contribution in [0.4, 0.5) is 0 Å². The Labute approximate surface area is 168 Å². The summed E-state index contributed by atoms with van der Waals surface area (Å²) in [5, 5.41) is 4.77. The lowest BCUT2D eigenvalue weighted by atomic mass is 10.3. The normalized spacial score (nSPS) is 19.0. The van der Waals surface area contributed by atoms with Crippen LogP contribution in [0.15, 0.2) is 23.1 Å². The summed E-state index contributed by atoms with van der Waals surface area (Å²) in [4.78, 5) is 23.6. The van der Waals surface area contributed by atoms with E-state index in [4.69, 9.17) is 18.9 Å². The zero-order valence-electron chi connectivity index (χ0n) is 15.9. The molecule has 12 heteroatoms. The third-order valence-electron chi connectivity index (χ3n) is 4.30. The van der Waals surface area contributed by atoms with E-state index in [1.165, 1.54) is 19.2 Å². The van der Waals surface area contributed by atoms with Crippen LogP contribution in [0.5, 0.6) is 11.5 Å². The van der Waals surface area contributed by atoms with E-state index < -0.39 is 28.1 Å². The lowest BCUT2D eigenvalue weighted by Crippen LogP contribution is -2.47. The molecule has 0 aliphatic carbocycles. The topological polar surface area (TPSA) is 132 Å². The van der Waals surface area contributed by atoms with Crippen LogP contribution in [0, 0.1) is 0 Å². The van der Waals surface area contributed by atoms with Gasteiger partial charge in [-0.1, -0.05) is 0 Å². The van der Waals surface area contributed by atoms with Crippen molar-refractivity contribution in [2.75, 3.05) is 53.2 Å². The predicted octanol–water partition coefficient (Wildman–Crippen LogP) is -1.32. The second-order valence-electron chi connectivity index (χ2n) is 6.21. The van der Waals surface area contributed by atoms with E-state index in [0.29, 0.717) is 24.7 Å². The first-order chi connectivity index (χ1) is 13.9. The van der Waals surface area contributed by atoms with Gasteiger partial charge in [-0.25, -0.2) is 8.42 Å². The molecule has 0 bridgehead atoms. The summed E-state index contributed by atoms with van der Waals surface area (Å²) in [6.07, 6.45) is -0.927. The van der Waals surface area contributed by atoms with Crippen LogP contribution in [0.3, 0.4) is 0 Å². The predicted molar refractivity (Wildman–Crippen MR) is 99.0 cm³/mol. The molecule has 0 radical (unpaired) electrons. The maximum atomic E-state index is 13.0. The molecule has 3 rings (SSSR count). The fourth-order valence-corrected chi connectivity index (χ4v) is 4.39. The summed E-state index contributed by atoms with van der Waals surface area (Å²) in [6.45, 7) is 1.33. The van der Waals surface area contributed by atoms with Crippen LogP contribution in [0.1, 0.15) is 0 Å². The number of carbonyl (C=O) groups is 2. The van der Waals surface area contributed by atoms with E-state index in [0.717, 1.165) is 4.31 Å².